The Balaban J connectivity index is 2.04. The Morgan fingerprint density at radius 1 is 1.58 bits per heavy atom. The topological polar surface area (TPSA) is 45.2 Å². The summed E-state index contributed by atoms with van der Waals surface area (Å²) in [6, 6.07) is 0.637. The number of amides is 1. The Bertz CT molecular complexity index is 424. The zero-order valence-electron chi connectivity index (χ0n) is 12.0. The van der Waals surface area contributed by atoms with Gasteiger partial charge in [-0.15, -0.1) is 11.3 Å². The number of carbonyl (C=O) groups is 1. The highest BCUT2D eigenvalue weighted by molar-refractivity contribution is 7.09. The van der Waals surface area contributed by atoms with Gasteiger partial charge in [0.15, 0.2) is 0 Å². The van der Waals surface area contributed by atoms with Crippen LogP contribution in [0.4, 0.5) is 0 Å². The average molecular weight is 281 g/mol. The number of aromatic nitrogens is 1. The number of aryl methyl sites for hydroxylation is 1. The van der Waals surface area contributed by atoms with Crippen LogP contribution in [-0.4, -0.2) is 41.0 Å². The molecule has 1 N–H and O–H groups in total. The lowest BCUT2D eigenvalue weighted by atomic mass is 10.0. The molecule has 1 saturated heterocycles. The van der Waals surface area contributed by atoms with Gasteiger partial charge in [0, 0.05) is 24.0 Å². The third kappa shape index (κ3) is 3.76. The number of hydrogen-bond donors (Lipinski definition) is 1. The molecule has 0 spiro atoms. The fourth-order valence-electron chi connectivity index (χ4n) is 2.45. The van der Waals surface area contributed by atoms with Crippen LogP contribution in [0.25, 0.3) is 0 Å². The van der Waals surface area contributed by atoms with E-state index in [1.807, 2.05) is 17.2 Å². The first kappa shape index (κ1) is 14.5. The van der Waals surface area contributed by atoms with Crippen LogP contribution in [0.3, 0.4) is 0 Å². The molecular formula is C14H23N3OS. The number of hydrogen-bond acceptors (Lipinski definition) is 4. The SMILES string of the molecule is Cc1nc(C(=O)N(CC2CCCCN2)C(C)C)cs1. The summed E-state index contributed by atoms with van der Waals surface area (Å²) in [5.41, 5.74) is 0.590. The summed E-state index contributed by atoms with van der Waals surface area (Å²) in [7, 11) is 0. The van der Waals surface area contributed by atoms with Crippen molar-refractivity contribution in [3.8, 4) is 0 Å². The van der Waals surface area contributed by atoms with Crippen molar-refractivity contribution >= 4 is 17.2 Å². The minimum atomic E-state index is 0.0618. The van der Waals surface area contributed by atoms with E-state index in [0.717, 1.165) is 24.5 Å². The summed E-state index contributed by atoms with van der Waals surface area (Å²) in [5, 5.41) is 6.31. The molecule has 0 saturated carbocycles. The lowest BCUT2D eigenvalue weighted by Gasteiger charge is -2.32. The van der Waals surface area contributed by atoms with E-state index < -0.39 is 0 Å². The molecule has 1 aromatic heterocycles. The van der Waals surface area contributed by atoms with Gasteiger partial charge in [0.05, 0.1) is 5.01 Å². The van der Waals surface area contributed by atoms with Gasteiger partial charge in [0.25, 0.3) is 5.91 Å². The van der Waals surface area contributed by atoms with Crippen LogP contribution in [-0.2, 0) is 0 Å². The lowest BCUT2D eigenvalue weighted by molar-refractivity contribution is 0.0671. The molecule has 1 amide bonds. The first-order valence-corrected chi connectivity index (χ1v) is 7.92. The normalized spacial score (nSPS) is 19.7. The quantitative estimate of drug-likeness (QED) is 0.922. The van der Waals surface area contributed by atoms with Crippen LogP contribution in [0.1, 0.15) is 48.6 Å². The molecule has 1 aliphatic rings. The molecular weight excluding hydrogens is 258 g/mol. The van der Waals surface area contributed by atoms with Crippen molar-refractivity contribution in [2.75, 3.05) is 13.1 Å². The molecule has 2 rings (SSSR count). The molecule has 1 atom stereocenters. The minimum Gasteiger partial charge on any atom is -0.333 e. The van der Waals surface area contributed by atoms with E-state index in [-0.39, 0.29) is 11.9 Å². The number of nitrogens with one attached hydrogen (secondary N) is 1. The Labute approximate surface area is 119 Å². The van der Waals surface area contributed by atoms with Crippen molar-refractivity contribution in [3.05, 3.63) is 16.1 Å². The van der Waals surface area contributed by atoms with E-state index in [0.29, 0.717) is 11.7 Å². The predicted molar refractivity (Wildman–Crippen MR) is 78.7 cm³/mol. The Morgan fingerprint density at radius 3 is 2.89 bits per heavy atom. The highest BCUT2D eigenvalue weighted by Crippen LogP contribution is 2.15. The van der Waals surface area contributed by atoms with Gasteiger partial charge >= 0.3 is 0 Å². The molecule has 106 valence electrons. The monoisotopic (exact) mass is 281 g/mol. The lowest BCUT2D eigenvalue weighted by Crippen LogP contribution is -2.48. The smallest absolute Gasteiger partial charge is 0.273 e. The number of thiazole rings is 1. The molecule has 0 radical (unpaired) electrons. The largest absolute Gasteiger partial charge is 0.333 e. The summed E-state index contributed by atoms with van der Waals surface area (Å²) in [6.07, 6.45) is 3.66. The van der Waals surface area contributed by atoms with E-state index in [2.05, 4.69) is 24.1 Å². The summed E-state index contributed by atoms with van der Waals surface area (Å²) in [5.74, 6) is 0.0618. The Morgan fingerprint density at radius 2 is 2.37 bits per heavy atom. The van der Waals surface area contributed by atoms with Gasteiger partial charge in [-0.3, -0.25) is 4.79 Å². The second-order valence-electron chi connectivity index (χ2n) is 5.45. The minimum absolute atomic E-state index is 0.0618. The fourth-order valence-corrected chi connectivity index (χ4v) is 3.04. The third-order valence-electron chi connectivity index (χ3n) is 3.55. The number of rotatable bonds is 4. The van der Waals surface area contributed by atoms with Crippen LogP contribution in [0.2, 0.25) is 0 Å². The van der Waals surface area contributed by atoms with Crippen molar-refractivity contribution in [2.24, 2.45) is 0 Å². The second-order valence-corrected chi connectivity index (χ2v) is 6.51. The van der Waals surface area contributed by atoms with Gasteiger partial charge in [0.2, 0.25) is 0 Å². The standard InChI is InChI=1S/C14H23N3OS/c1-10(2)17(8-12-6-4-5-7-15-12)14(18)13-9-19-11(3)16-13/h9-10,12,15H,4-8H2,1-3H3. The van der Waals surface area contributed by atoms with Crippen molar-refractivity contribution in [1.82, 2.24) is 15.2 Å². The zero-order chi connectivity index (χ0) is 13.8. The molecule has 0 aliphatic carbocycles. The summed E-state index contributed by atoms with van der Waals surface area (Å²) >= 11 is 1.53. The van der Waals surface area contributed by atoms with E-state index in [1.165, 1.54) is 24.2 Å². The molecule has 1 unspecified atom stereocenters. The first-order chi connectivity index (χ1) is 9.08. The van der Waals surface area contributed by atoms with Gasteiger partial charge < -0.3 is 10.2 Å². The number of piperidine rings is 1. The van der Waals surface area contributed by atoms with Gasteiger partial charge in [-0.2, -0.15) is 0 Å². The fraction of sp³-hybridized carbons (Fsp3) is 0.714. The molecule has 1 aromatic rings. The molecule has 19 heavy (non-hydrogen) atoms. The van der Waals surface area contributed by atoms with E-state index in [9.17, 15) is 4.79 Å². The first-order valence-electron chi connectivity index (χ1n) is 7.04. The van der Waals surface area contributed by atoms with Crippen LogP contribution in [0.15, 0.2) is 5.38 Å². The molecule has 4 nitrogen and oxygen atoms in total. The van der Waals surface area contributed by atoms with Crippen LogP contribution in [0, 0.1) is 6.92 Å². The average Bonchev–Trinajstić information content (AvgIpc) is 2.83. The summed E-state index contributed by atoms with van der Waals surface area (Å²) in [4.78, 5) is 18.8. The molecule has 1 aliphatic heterocycles. The van der Waals surface area contributed by atoms with Crippen LogP contribution < -0.4 is 5.32 Å². The van der Waals surface area contributed by atoms with Gasteiger partial charge in [0.1, 0.15) is 5.69 Å². The van der Waals surface area contributed by atoms with Crippen LogP contribution >= 0.6 is 11.3 Å². The third-order valence-corrected chi connectivity index (χ3v) is 4.33. The van der Waals surface area contributed by atoms with Crippen molar-refractivity contribution in [1.29, 1.82) is 0 Å². The second kappa shape index (κ2) is 6.48. The van der Waals surface area contributed by atoms with Crippen molar-refractivity contribution < 1.29 is 4.79 Å². The van der Waals surface area contributed by atoms with Crippen molar-refractivity contribution in [3.63, 3.8) is 0 Å². The molecule has 0 aromatic carbocycles. The highest BCUT2D eigenvalue weighted by Gasteiger charge is 2.24. The maximum atomic E-state index is 12.5. The maximum Gasteiger partial charge on any atom is 0.273 e. The maximum absolute atomic E-state index is 12.5. The summed E-state index contributed by atoms with van der Waals surface area (Å²) < 4.78 is 0. The Kier molecular flexibility index (Phi) is 4.93. The summed E-state index contributed by atoms with van der Waals surface area (Å²) in [6.45, 7) is 7.93. The molecule has 0 bridgehead atoms. The predicted octanol–water partition coefficient (Wildman–Crippen LogP) is 2.44. The van der Waals surface area contributed by atoms with E-state index in [4.69, 9.17) is 0 Å². The molecule has 5 heteroatoms. The van der Waals surface area contributed by atoms with Gasteiger partial charge in [-0.05, 0) is 40.2 Å². The van der Waals surface area contributed by atoms with E-state index in [1.54, 1.807) is 0 Å². The van der Waals surface area contributed by atoms with Gasteiger partial charge in [-0.1, -0.05) is 6.42 Å². The molecule has 1 fully saturated rings. The highest BCUT2D eigenvalue weighted by atomic mass is 32.1. The molecule has 2 heterocycles. The zero-order valence-corrected chi connectivity index (χ0v) is 12.8. The van der Waals surface area contributed by atoms with Crippen molar-refractivity contribution in [2.45, 2.75) is 52.1 Å². The Hall–Kier alpha value is -0.940. The number of nitrogens with zero attached hydrogens (tertiary/aromatic N) is 2. The van der Waals surface area contributed by atoms with Crippen LogP contribution in [0.5, 0.6) is 0 Å². The van der Waals surface area contributed by atoms with E-state index >= 15 is 0 Å². The number of carbonyl (C=O) groups excluding carboxylic acids is 1. The van der Waals surface area contributed by atoms with Gasteiger partial charge in [-0.25, -0.2) is 4.98 Å².